The van der Waals surface area contributed by atoms with E-state index in [1.54, 1.807) is 19.1 Å². The van der Waals surface area contributed by atoms with Gasteiger partial charge in [0, 0.05) is 0 Å². The summed E-state index contributed by atoms with van der Waals surface area (Å²) in [6.07, 6.45) is -0.151. The third-order valence-corrected chi connectivity index (χ3v) is 2.83. The third-order valence-electron chi connectivity index (χ3n) is 2.83. The van der Waals surface area contributed by atoms with Crippen LogP contribution in [0.5, 0.6) is 5.75 Å². The molecule has 0 saturated carbocycles. The Bertz CT molecular complexity index is 437. The van der Waals surface area contributed by atoms with Gasteiger partial charge in [-0.3, -0.25) is 4.79 Å². The maximum absolute atomic E-state index is 13.4. The van der Waals surface area contributed by atoms with Gasteiger partial charge < -0.3 is 15.2 Å². The maximum Gasteiger partial charge on any atom is 0.261 e. The van der Waals surface area contributed by atoms with Gasteiger partial charge in [0.2, 0.25) is 0 Å². The van der Waals surface area contributed by atoms with Crippen molar-refractivity contribution >= 4 is 5.91 Å². The lowest BCUT2D eigenvalue weighted by molar-refractivity contribution is -0.128. The van der Waals surface area contributed by atoms with Crippen molar-refractivity contribution in [1.82, 2.24) is 5.32 Å². The van der Waals surface area contributed by atoms with Crippen molar-refractivity contribution in [3.8, 4) is 5.75 Å². The fourth-order valence-corrected chi connectivity index (χ4v) is 1.85. The van der Waals surface area contributed by atoms with Gasteiger partial charge >= 0.3 is 0 Å². The average molecular weight is 283 g/mol. The molecule has 2 N–H and O–H groups in total. The molecule has 1 rings (SSSR count). The Morgan fingerprint density at radius 3 is 2.55 bits per heavy atom. The van der Waals surface area contributed by atoms with Gasteiger partial charge in [-0.2, -0.15) is 0 Å². The van der Waals surface area contributed by atoms with Crippen molar-refractivity contribution in [2.75, 3.05) is 6.61 Å². The van der Waals surface area contributed by atoms with Crippen LogP contribution < -0.4 is 10.1 Å². The fraction of sp³-hybridized carbons (Fsp3) is 0.533. The second-order valence-corrected chi connectivity index (χ2v) is 5.21. The summed E-state index contributed by atoms with van der Waals surface area (Å²) in [6.45, 7) is 5.43. The topological polar surface area (TPSA) is 58.6 Å². The molecule has 4 nitrogen and oxygen atoms in total. The first-order valence-electron chi connectivity index (χ1n) is 6.76. The predicted octanol–water partition coefficient (Wildman–Crippen LogP) is 2.12. The number of aliphatic hydroxyl groups is 1. The molecule has 0 aliphatic heterocycles. The fourth-order valence-electron chi connectivity index (χ4n) is 1.85. The smallest absolute Gasteiger partial charge is 0.261 e. The first kappa shape index (κ1) is 16.4. The van der Waals surface area contributed by atoms with Crippen molar-refractivity contribution in [2.24, 2.45) is 5.92 Å². The highest BCUT2D eigenvalue weighted by Gasteiger charge is 2.20. The van der Waals surface area contributed by atoms with Gasteiger partial charge in [0.25, 0.3) is 5.91 Å². The van der Waals surface area contributed by atoms with Crippen LogP contribution in [0.1, 0.15) is 27.2 Å². The number of nitrogens with one attached hydrogen (secondary N) is 1. The van der Waals surface area contributed by atoms with E-state index in [0.717, 1.165) is 0 Å². The second kappa shape index (κ2) is 7.85. The van der Waals surface area contributed by atoms with E-state index in [4.69, 9.17) is 4.74 Å². The van der Waals surface area contributed by atoms with Crippen LogP contribution >= 0.6 is 0 Å². The molecule has 0 heterocycles. The number of para-hydroxylation sites is 1. The first-order chi connectivity index (χ1) is 9.43. The largest absolute Gasteiger partial charge is 0.478 e. The number of ether oxygens (including phenoxy) is 1. The normalized spacial score (nSPS) is 13.9. The molecule has 0 aromatic heterocycles. The van der Waals surface area contributed by atoms with Crippen LogP contribution in [-0.4, -0.2) is 29.8 Å². The molecule has 0 spiro atoms. The number of hydrogen-bond donors (Lipinski definition) is 2. The molecule has 20 heavy (non-hydrogen) atoms. The molecule has 5 heteroatoms. The standard InChI is InChI=1S/C15H22FNO3/c1-10(2)8-12(9-18)17-15(19)11(3)20-14-7-5-4-6-13(14)16/h4-7,10-12,18H,8-9H2,1-3H3,(H,17,19). The molecule has 0 aliphatic carbocycles. The van der Waals surface area contributed by atoms with Crippen molar-refractivity contribution in [3.63, 3.8) is 0 Å². The first-order valence-corrected chi connectivity index (χ1v) is 6.76. The molecule has 2 unspecified atom stereocenters. The molecular weight excluding hydrogens is 261 g/mol. The molecule has 1 amide bonds. The Hall–Kier alpha value is -1.62. The Labute approximate surface area is 119 Å². The van der Waals surface area contributed by atoms with Crippen LogP contribution in [0.3, 0.4) is 0 Å². The zero-order valence-corrected chi connectivity index (χ0v) is 12.1. The van der Waals surface area contributed by atoms with E-state index < -0.39 is 11.9 Å². The van der Waals surface area contributed by atoms with Crippen LogP contribution in [0.2, 0.25) is 0 Å². The van der Waals surface area contributed by atoms with Crippen LogP contribution in [0.25, 0.3) is 0 Å². The molecule has 0 fully saturated rings. The van der Waals surface area contributed by atoms with Gasteiger partial charge in [0.15, 0.2) is 17.7 Å². The molecule has 0 saturated heterocycles. The molecule has 0 aliphatic rings. The number of rotatable bonds is 7. The third kappa shape index (κ3) is 5.17. The average Bonchev–Trinajstić information content (AvgIpc) is 2.39. The van der Waals surface area contributed by atoms with Gasteiger partial charge in [0.05, 0.1) is 12.6 Å². The van der Waals surface area contributed by atoms with Crippen molar-refractivity contribution in [3.05, 3.63) is 30.1 Å². The Balaban J connectivity index is 2.56. The molecule has 112 valence electrons. The highest BCUT2D eigenvalue weighted by atomic mass is 19.1. The van der Waals surface area contributed by atoms with Crippen LogP contribution in [0.15, 0.2) is 24.3 Å². The molecule has 1 aromatic rings. The Kier molecular flexibility index (Phi) is 6.45. The SMILES string of the molecule is CC(C)CC(CO)NC(=O)C(C)Oc1ccccc1F. The number of aliphatic hydroxyl groups excluding tert-OH is 1. The van der Waals surface area contributed by atoms with Crippen molar-refractivity contribution < 1.29 is 19.0 Å². The van der Waals surface area contributed by atoms with E-state index in [0.29, 0.717) is 12.3 Å². The lowest BCUT2D eigenvalue weighted by atomic mass is 10.0. The van der Waals surface area contributed by atoms with Gasteiger partial charge in [-0.05, 0) is 31.4 Å². The number of benzene rings is 1. The summed E-state index contributed by atoms with van der Waals surface area (Å²) in [6, 6.07) is 5.62. The monoisotopic (exact) mass is 283 g/mol. The zero-order chi connectivity index (χ0) is 15.1. The summed E-state index contributed by atoms with van der Waals surface area (Å²) in [5.41, 5.74) is 0. The second-order valence-electron chi connectivity index (χ2n) is 5.21. The minimum atomic E-state index is -0.826. The van der Waals surface area contributed by atoms with E-state index in [9.17, 15) is 14.3 Å². The number of halogens is 1. The Morgan fingerprint density at radius 2 is 2.00 bits per heavy atom. The number of carbonyl (C=O) groups excluding carboxylic acids is 1. The van der Waals surface area contributed by atoms with Crippen LogP contribution in [0, 0.1) is 11.7 Å². The minimum Gasteiger partial charge on any atom is -0.478 e. The maximum atomic E-state index is 13.4. The summed E-state index contributed by atoms with van der Waals surface area (Å²) in [7, 11) is 0. The molecule has 0 bridgehead atoms. The van der Waals surface area contributed by atoms with Crippen LogP contribution in [-0.2, 0) is 4.79 Å². The van der Waals surface area contributed by atoms with E-state index in [2.05, 4.69) is 5.32 Å². The number of carbonyl (C=O) groups is 1. The summed E-state index contributed by atoms with van der Waals surface area (Å²) < 4.78 is 18.7. The summed E-state index contributed by atoms with van der Waals surface area (Å²) in [5.74, 6) is -0.476. The lowest BCUT2D eigenvalue weighted by Crippen LogP contribution is -2.44. The van der Waals surface area contributed by atoms with Gasteiger partial charge in [-0.15, -0.1) is 0 Å². The van der Waals surface area contributed by atoms with Gasteiger partial charge in [-0.1, -0.05) is 26.0 Å². The molecule has 0 radical (unpaired) electrons. The van der Waals surface area contributed by atoms with E-state index in [-0.39, 0.29) is 24.3 Å². The van der Waals surface area contributed by atoms with Gasteiger partial charge in [0.1, 0.15) is 0 Å². The summed E-state index contributed by atoms with van der Waals surface area (Å²) in [4.78, 5) is 11.9. The number of hydrogen-bond acceptors (Lipinski definition) is 3. The lowest BCUT2D eigenvalue weighted by Gasteiger charge is -2.21. The predicted molar refractivity (Wildman–Crippen MR) is 75.0 cm³/mol. The highest BCUT2D eigenvalue weighted by Crippen LogP contribution is 2.17. The highest BCUT2D eigenvalue weighted by molar-refractivity contribution is 5.81. The van der Waals surface area contributed by atoms with Gasteiger partial charge in [-0.25, -0.2) is 4.39 Å². The van der Waals surface area contributed by atoms with E-state index in [1.807, 2.05) is 13.8 Å². The number of amides is 1. The van der Waals surface area contributed by atoms with Crippen LogP contribution in [0.4, 0.5) is 4.39 Å². The van der Waals surface area contributed by atoms with E-state index >= 15 is 0 Å². The van der Waals surface area contributed by atoms with Crippen molar-refractivity contribution in [2.45, 2.75) is 39.3 Å². The molecule has 1 aromatic carbocycles. The minimum absolute atomic E-state index is 0.0413. The quantitative estimate of drug-likeness (QED) is 0.806. The zero-order valence-electron chi connectivity index (χ0n) is 12.1. The summed E-state index contributed by atoms with van der Waals surface area (Å²) in [5, 5.41) is 11.9. The van der Waals surface area contributed by atoms with Crippen molar-refractivity contribution in [1.29, 1.82) is 0 Å². The molecule has 2 atom stereocenters. The summed E-state index contributed by atoms with van der Waals surface area (Å²) >= 11 is 0. The molecular formula is C15H22FNO3. The Morgan fingerprint density at radius 1 is 1.35 bits per heavy atom. The van der Waals surface area contributed by atoms with E-state index in [1.165, 1.54) is 12.1 Å².